The first-order valence-electron chi connectivity index (χ1n) is 8.77. The number of hydrogen-bond acceptors (Lipinski definition) is 1. The Bertz CT molecular complexity index is 448. The maximum Gasteiger partial charge on any atom is 0.00255 e. The number of hydrogen-bond donors (Lipinski definition) is 1. The van der Waals surface area contributed by atoms with E-state index >= 15 is 0 Å². The van der Waals surface area contributed by atoms with E-state index < -0.39 is 0 Å². The van der Waals surface area contributed by atoms with Gasteiger partial charge in [0.25, 0.3) is 0 Å². The van der Waals surface area contributed by atoms with Crippen LogP contribution in [0.2, 0.25) is 0 Å². The minimum Gasteiger partial charge on any atom is -0.316 e. The molecule has 1 unspecified atom stereocenters. The van der Waals surface area contributed by atoms with Crippen LogP contribution >= 0.6 is 0 Å². The lowest BCUT2D eigenvalue weighted by Crippen LogP contribution is -2.46. The van der Waals surface area contributed by atoms with Gasteiger partial charge in [0.1, 0.15) is 0 Å². The van der Waals surface area contributed by atoms with Gasteiger partial charge < -0.3 is 5.32 Å². The summed E-state index contributed by atoms with van der Waals surface area (Å²) in [6.45, 7) is 9.65. The minimum absolute atomic E-state index is 0.483. The van der Waals surface area contributed by atoms with Gasteiger partial charge >= 0.3 is 0 Å². The van der Waals surface area contributed by atoms with Gasteiger partial charge in [0.15, 0.2) is 0 Å². The molecule has 1 aliphatic heterocycles. The van der Waals surface area contributed by atoms with Crippen molar-refractivity contribution >= 4 is 0 Å². The Morgan fingerprint density at radius 1 is 1.00 bits per heavy atom. The summed E-state index contributed by atoms with van der Waals surface area (Å²) < 4.78 is 0. The molecule has 1 atom stereocenters. The van der Waals surface area contributed by atoms with E-state index in [9.17, 15) is 0 Å². The summed E-state index contributed by atoms with van der Waals surface area (Å²) >= 11 is 0. The Balaban J connectivity index is 1.79. The topological polar surface area (TPSA) is 12.0 Å². The van der Waals surface area contributed by atoms with Crippen molar-refractivity contribution in [1.82, 2.24) is 5.32 Å². The van der Waals surface area contributed by atoms with Crippen LogP contribution in [0.3, 0.4) is 0 Å². The standard InChI is InChI=1S/C20H31N/c1-19(2,3)17-9-11-20(12-10-17)13-14-21-15-18(20)16-7-5-4-6-8-16/h4-8,17-18,21H,9-15H2,1-3H3. The fourth-order valence-corrected chi connectivity index (χ4v) is 4.79. The van der Waals surface area contributed by atoms with Gasteiger partial charge in [-0.05, 0) is 61.0 Å². The van der Waals surface area contributed by atoms with Crippen molar-refractivity contribution in [2.24, 2.45) is 16.7 Å². The van der Waals surface area contributed by atoms with Crippen LogP contribution in [0.25, 0.3) is 0 Å². The summed E-state index contributed by atoms with van der Waals surface area (Å²) in [6, 6.07) is 11.2. The van der Waals surface area contributed by atoms with E-state index in [1.54, 1.807) is 5.56 Å². The first-order valence-corrected chi connectivity index (χ1v) is 8.77. The fraction of sp³-hybridized carbons (Fsp3) is 0.700. The molecule has 21 heavy (non-hydrogen) atoms. The van der Waals surface area contributed by atoms with Crippen LogP contribution in [-0.4, -0.2) is 13.1 Å². The van der Waals surface area contributed by atoms with Gasteiger partial charge in [-0.15, -0.1) is 0 Å². The number of piperidine rings is 1. The van der Waals surface area contributed by atoms with Crippen molar-refractivity contribution in [2.75, 3.05) is 13.1 Å². The highest BCUT2D eigenvalue weighted by Crippen LogP contribution is 2.54. The summed E-state index contributed by atoms with van der Waals surface area (Å²) in [7, 11) is 0. The average molecular weight is 285 g/mol. The van der Waals surface area contributed by atoms with Crippen LogP contribution in [-0.2, 0) is 0 Å². The summed E-state index contributed by atoms with van der Waals surface area (Å²) in [6.07, 6.45) is 7.06. The minimum atomic E-state index is 0.483. The predicted molar refractivity (Wildman–Crippen MR) is 90.5 cm³/mol. The number of rotatable bonds is 1. The zero-order valence-electron chi connectivity index (χ0n) is 14.0. The second-order valence-corrected chi connectivity index (χ2v) is 8.42. The fourth-order valence-electron chi connectivity index (χ4n) is 4.79. The highest BCUT2D eigenvalue weighted by Gasteiger charge is 2.45. The van der Waals surface area contributed by atoms with Crippen molar-refractivity contribution in [2.45, 2.75) is 58.8 Å². The monoisotopic (exact) mass is 285 g/mol. The van der Waals surface area contributed by atoms with E-state index in [2.05, 4.69) is 56.4 Å². The second-order valence-electron chi connectivity index (χ2n) is 8.42. The van der Waals surface area contributed by atoms with E-state index in [1.807, 2.05) is 0 Å². The molecule has 1 aliphatic carbocycles. The lowest BCUT2D eigenvalue weighted by molar-refractivity contribution is 0.0450. The van der Waals surface area contributed by atoms with Crippen molar-refractivity contribution in [3.05, 3.63) is 35.9 Å². The third-order valence-electron chi connectivity index (χ3n) is 6.30. The molecule has 1 spiro atoms. The third kappa shape index (κ3) is 3.04. The largest absolute Gasteiger partial charge is 0.316 e. The molecule has 1 aromatic carbocycles. The van der Waals surface area contributed by atoms with Gasteiger partial charge in [0.2, 0.25) is 0 Å². The molecule has 0 bridgehead atoms. The van der Waals surface area contributed by atoms with Gasteiger partial charge in [-0.25, -0.2) is 0 Å². The van der Waals surface area contributed by atoms with Gasteiger partial charge in [0, 0.05) is 12.5 Å². The Labute approximate surface area is 130 Å². The van der Waals surface area contributed by atoms with Crippen molar-refractivity contribution < 1.29 is 0 Å². The van der Waals surface area contributed by atoms with Gasteiger partial charge in [-0.3, -0.25) is 0 Å². The number of benzene rings is 1. The molecule has 1 saturated heterocycles. The molecule has 0 aromatic heterocycles. The Morgan fingerprint density at radius 2 is 1.67 bits per heavy atom. The molecule has 1 heteroatoms. The molecular formula is C20H31N. The van der Waals surface area contributed by atoms with E-state index in [-0.39, 0.29) is 0 Å². The average Bonchev–Trinajstić information content (AvgIpc) is 2.48. The first-order chi connectivity index (χ1) is 10.0. The van der Waals surface area contributed by atoms with Crippen LogP contribution in [0.1, 0.15) is 64.4 Å². The summed E-state index contributed by atoms with van der Waals surface area (Å²) in [5.41, 5.74) is 2.60. The van der Waals surface area contributed by atoms with E-state index in [0.29, 0.717) is 16.7 Å². The number of nitrogens with one attached hydrogen (secondary N) is 1. The molecule has 0 amide bonds. The molecule has 1 saturated carbocycles. The molecule has 1 N–H and O–H groups in total. The predicted octanol–water partition coefficient (Wildman–Crippen LogP) is 4.99. The first kappa shape index (κ1) is 15.1. The lowest BCUT2D eigenvalue weighted by atomic mass is 9.56. The molecule has 1 aromatic rings. The smallest absolute Gasteiger partial charge is 0.00255 e. The van der Waals surface area contributed by atoms with Gasteiger partial charge in [-0.2, -0.15) is 0 Å². The Kier molecular flexibility index (Phi) is 4.14. The zero-order chi connectivity index (χ0) is 14.9. The summed E-state index contributed by atoms with van der Waals surface area (Å²) in [4.78, 5) is 0. The van der Waals surface area contributed by atoms with Crippen molar-refractivity contribution in [3.8, 4) is 0 Å². The van der Waals surface area contributed by atoms with E-state index in [1.165, 1.54) is 45.2 Å². The zero-order valence-corrected chi connectivity index (χ0v) is 14.0. The Morgan fingerprint density at radius 3 is 2.29 bits per heavy atom. The SMILES string of the molecule is CC(C)(C)C1CCC2(CCNCC2c2ccccc2)CC1. The normalized spacial score (nSPS) is 34.0. The highest BCUT2D eigenvalue weighted by atomic mass is 14.9. The molecule has 2 aliphatic rings. The van der Waals surface area contributed by atoms with Crippen LogP contribution in [0.5, 0.6) is 0 Å². The lowest BCUT2D eigenvalue weighted by Gasteiger charge is -2.51. The summed E-state index contributed by atoms with van der Waals surface area (Å²) in [5, 5.41) is 3.65. The highest BCUT2D eigenvalue weighted by molar-refractivity contribution is 5.24. The van der Waals surface area contributed by atoms with Crippen LogP contribution in [0, 0.1) is 16.7 Å². The van der Waals surface area contributed by atoms with Crippen LogP contribution in [0.4, 0.5) is 0 Å². The maximum absolute atomic E-state index is 3.65. The van der Waals surface area contributed by atoms with E-state index in [4.69, 9.17) is 0 Å². The molecule has 116 valence electrons. The molecule has 1 nitrogen and oxygen atoms in total. The maximum atomic E-state index is 3.65. The quantitative estimate of drug-likeness (QED) is 0.767. The van der Waals surface area contributed by atoms with Gasteiger partial charge in [0.05, 0.1) is 0 Å². The van der Waals surface area contributed by atoms with E-state index in [0.717, 1.165) is 5.92 Å². The molecule has 0 radical (unpaired) electrons. The second kappa shape index (κ2) is 5.76. The van der Waals surface area contributed by atoms with Crippen molar-refractivity contribution in [1.29, 1.82) is 0 Å². The Hall–Kier alpha value is -0.820. The van der Waals surface area contributed by atoms with Gasteiger partial charge in [-0.1, -0.05) is 51.1 Å². The van der Waals surface area contributed by atoms with Crippen LogP contribution in [0.15, 0.2) is 30.3 Å². The molecule has 1 heterocycles. The summed E-state index contributed by atoms with van der Waals surface area (Å²) in [5.74, 6) is 1.63. The van der Waals surface area contributed by atoms with Crippen LogP contribution < -0.4 is 5.32 Å². The third-order valence-corrected chi connectivity index (χ3v) is 6.30. The van der Waals surface area contributed by atoms with Crippen molar-refractivity contribution in [3.63, 3.8) is 0 Å². The molecule has 3 rings (SSSR count). The molecule has 2 fully saturated rings. The molecular weight excluding hydrogens is 254 g/mol.